The van der Waals surface area contributed by atoms with Crippen molar-refractivity contribution in [2.45, 2.75) is 13.5 Å². The van der Waals surface area contributed by atoms with Crippen LogP contribution in [-0.4, -0.2) is 30.4 Å². The number of amides is 1. The predicted octanol–water partition coefficient (Wildman–Crippen LogP) is 3.18. The van der Waals surface area contributed by atoms with E-state index >= 15 is 0 Å². The molecule has 1 aliphatic rings. The Kier molecular flexibility index (Phi) is 6.80. The predicted molar refractivity (Wildman–Crippen MR) is 113 cm³/mol. The molecule has 1 aliphatic heterocycles. The summed E-state index contributed by atoms with van der Waals surface area (Å²) < 4.78 is 10.4. The Labute approximate surface area is 172 Å². The number of hydrogen-bond acceptors (Lipinski definition) is 7. The first-order valence-corrected chi connectivity index (χ1v) is 9.54. The Bertz CT molecular complexity index is 1000. The zero-order valence-corrected chi connectivity index (χ0v) is 16.7. The van der Waals surface area contributed by atoms with Gasteiger partial charge in [-0.2, -0.15) is 5.10 Å². The van der Waals surface area contributed by atoms with Gasteiger partial charge in [0.1, 0.15) is 12.4 Å². The van der Waals surface area contributed by atoms with E-state index in [4.69, 9.17) is 4.74 Å². The number of carbonyl (C=O) groups excluding carboxylic acids is 2. The Morgan fingerprint density at radius 3 is 2.76 bits per heavy atom. The largest absolute Gasteiger partial charge is 0.489 e. The van der Waals surface area contributed by atoms with Gasteiger partial charge in [-0.3, -0.25) is 10.1 Å². The van der Waals surface area contributed by atoms with Gasteiger partial charge in [0.25, 0.3) is 5.91 Å². The van der Waals surface area contributed by atoms with Crippen LogP contribution in [0.3, 0.4) is 0 Å². The van der Waals surface area contributed by atoms with Gasteiger partial charge < -0.3 is 9.47 Å². The molecule has 148 valence electrons. The van der Waals surface area contributed by atoms with Crippen molar-refractivity contribution < 1.29 is 19.1 Å². The van der Waals surface area contributed by atoms with E-state index in [-0.39, 0.29) is 10.1 Å². The summed E-state index contributed by atoms with van der Waals surface area (Å²) in [6, 6.07) is 15.6. The highest BCUT2D eigenvalue weighted by Gasteiger charge is 2.24. The minimum Gasteiger partial charge on any atom is -0.489 e. The van der Waals surface area contributed by atoms with Crippen LogP contribution in [0.5, 0.6) is 5.75 Å². The molecular weight excluding hydrogens is 390 g/mol. The van der Waals surface area contributed by atoms with Gasteiger partial charge in [0, 0.05) is 6.08 Å². The first-order valence-electron chi connectivity index (χ1n) is 8.72. The van der Waals surface area contributed by atoms with Crippen molar-refractivity contribution in [3.63, 3.8) is 0 Å². The van der Waals surface area contributed by atoms with Gasteiger partial charge >= 0.3 is 5.97 Å². The smallest absolute Gasteiger partial charge is 0.331 e. The van der Waals surface area contributed by atoms with Crippen LogP contribution < -0.4 is 10.1 Å². The first-order chi connectivity index (χ1) is 14.0. The third-order valence-electron chi connectivity index (χ3n) is 3.91. The zero-order valence-electron chi connectivity index (χ0n) is 15.9. The van der Waals surface area contributed by atoms with Crippen LogP contribution >= 0.6 is 11.8 Å². The van der Waals surface area contributed by atoms with Crippen molar-refractivity contribution >= 4 is 35.0 Å². The number of rotatable bonds is 6. The average molecular weight is 409 g/mol. The number of thioether (sulfide) groups is 1. The van der Waals surface area contributed by atoms with Gasteiger partial charge in [0.2, 0.25) is 0 Å². The maximum atomic E-state index is 11.8. The fraction of sp³-hybridized carbons (Fsp3) is 0.143. The van der Waals surface area contributed by atoms with Crippen LogP contribution in [-0.2, 0) is 20.9 Å². The number of esters is 1. The first kappa shape index (κ1) is 20.3. The Balaban J connectivity index is 1.65. The summed E-state index contributed by atoms with van der Waals surface area (Å²) in [6.45, 7) is 2.45. The number of carbonyl (C=O) groups is 2. The Hall–Kier alpha value is -3.39. The standard InChI is InChI=1S/C21H19N3O4S/c1-14-8-9-16(10-17(14)28-13-15-6-4-3-5-7-15)12-22-24-21-23-20(26)18(29-21)11-19(25)27-2/h3-12H,13H2,1-2H3,(H,23,24,26)/b18-11+,22-12?. The molecule has 1 saturated heterocycles. The van der Waals surface area contributed by atoms with Gasteiger partial charge in [-0.1, -0.05) is 42.5 Å². The van der Waals surface area contributed by atoms with E-state index in [1.807, 2.05) is 55.5 Å². The molecule has 3 rings (SSSR count). The molecule has 0 bridgehead atoms. The zero-order chi connectivity index (χ0) is 20.6. The van der Waals surface area contributed by atoms with Crippen LogP contribution in [0.4, 0.5) is 0 Å². The van der Waals surface area contributed by atoms with E-state index in [0.29, 0.717) is 6.61 Å². The van der Waals surface area contributed by atoms with E-state index in [0.717, 1.165) is 40.3 Å². The van der Waals surface area contributed by atoms with E-state index < -0.39 is 11.9 Å². The molecule has 2 aromatic rings. The molecule has 0 unspecified atom stereocenters. The molecule has 0 saturated carbocycles. The van der Waals surface area contributed by atoms with Gasteiger partial charge in [0.05, 0.1) is 18.2 Å². The van der Waals surface area contributed by atoms with Gasteiger partial charge in [-0.15, -0.1) is 5.10 Å². The molecule has 1 amide bonds. The molecule has 2 aromatic carbocycles. The van der Waals surface area contributed by atoms with Crippen LogP contribution in [0.2, 0.25) is 0 Å². The van der Waals surface area contributed by atoms with E-state index in [1.165, 1.54) is 7.11 Å². The molecule has 29 heavy (non-hydrogen) atoms. The van der Waals surface area contributed by atoms with Crippen LogP contribution in [0.15, 0.2) is 69.7 Å². The number of amidine groups is 1. The summed E-state index contributed by atoms with van der Waals surface area (Å²) in [5, 5.41) is 10.8. The number of hydrogen-bond donors (Lipinski definition) is 1. The number of ether oxygens (including phenoxy) is 2. The highest BCUT2D eigenvalue weighted by Crippen LogP contribution is 2.24. The van der Waals surface area contributed by atoms with Crippen molar-refractivity contribution in [1.29, 1.82) is 0 Å². The third kappa shape index (κ3) is 5.79. The lowest BCUT2D eigenvalue weighted by atomic mass is 10.1. The lowest BCUT2D eigenvalue weighted by molar-refractivity contribution is -0.135. The summed E-state index contributed by atoms with van der Waals surface area (Å²) in [5.74, 6) is -0.256. The number of nitrogens with one attached hydrogen (secondary N) is 1. The molecule has 1 heterocycles. The maximum Gasteiger partial charge on any atom is 0.331 e. The molecule has 0 aliphatic carbocycles. The SMILES string of the molecule is COC(=O)/C=C1/S/C(=N\N=Cc2ccc(C)c(OCc3ccccc3)c2)NC1=O. The van der Waals surface area contributed by atoms with Crippen molar-refractivity contribution in [2.24, 2.45) is 10.2 Å². The number of benzene rings is 2. The molecule has 0 radical (unpaired) electrons. The van der Waals surface area contributed by atoms with Crippen LogP contribution in [0, 0.1) is 6.92 Å². The number of nitrogens with zero attached hydrogens (tertiary/aromatic N) is 2. The summed E-state index contributed by atoms with van der Waals surface area (Å²) in [4.78, 5) is 23.2. The average Bonchev–Trinajstić information content (AvgIpc) is 3.07. The number of methoxy groups -OCH3 is 1. The molecule has 7 nitrogen and oxygen atoms in total. The molecule has 8 heteroatoms. The van der Waals surface area contributed by atoms with E-state index in [9.17, 15) is 9.59 Å². The molecule has 0 atom stereocenters. The molecule has 1 N–H and O–H groups in total. The summed E-state index contributed by atoms with van der Waals surface area (Å²) in [5.41, 5.74) is 2.91. The second-order valence-corrected chi connectivity index (χ2v) is 7.07. The summed E-state index contributed by atoms with van der Waals surface area (Å²) >= 11 is 1.02. The van der Waals surface area contributed by atoms with Gasteiger partial charge in [0.15, 0.2) is 5.17 Å². The topological polar surface area (TPSA) is 89.3 Å². The van der Waals surface area contributed by atoms with Crippen LogP contribution in [0.1, 0.15) is 16.7 Å². The molecular formula is C21H19N3O4S. The van der Waals surface area contributed by atoms with Gasteiger partial charge in [-0.25, -0.2) is 4.79 Å². The van der Waals surface area contributed by atoms with Gasteiger partial charge in [-0.05, 0) is 41.4 Å². The summed E-state index contributed by atoms with van der Waals surface area (Å²) in [6.07, 6.45) is 2.68. The van der Waals surface area contributed by atoms with Crippen LogP contribution in [0.25, 0.3) is 0 Å². The van der Waals surface area contributed by atoms with Crippen molar-refractivity contribution in [1.82, 2.24) is 5.32 Å². The lowest BCUT2D eigenvalue weighted by Crippen LogP contribution is -2.19. The highest BCUT2D eigenvalue weighted by molar-refractivity contribution is 8.18. The fourth-order valence-corrected chi connectivity index (χ4v) is 3.12. The van der Waals surface area contributed by atoms with Crippen molar-refractivity contribution in [3.05, 3.63) is 76.2 Å². The fourth-order valence-electron chi connectivity index (χ4n) is 2.38. The minimum absolute atomic E-state index is 0.206. The number of aryl methyl sites for hydroxylation is 1. The molecule has 1 fully saturated rings. The van der Waals surface area contributed by atoms with Crippen molar-refractivity contribution in [3.8, 4) is 5.75 Å². The lowest BCUT2D eigenvalue weighted by Gasteiger charge is -2.09. The normalized spacial score (nSPS) is 16.4. The minimum atomic E-state index is -0.602. The molecule has 0 aromatic heterocycles. The van der Waals surface area contributed by atoms with Crippen molar-refractivity contribution in [2.75, 3.05) is 7.11 Å². The second-order valence-electron chi connectivity index (χ2n) is 6.04. The van der Waals surface area contributed by atoms with E-state index in [1.54, 1.807) is 6.21 Å². The third-order valence-corrected chi connectivity index (χ3v) is 4.81. The monoisotopic (exact) mass is 409 g/mol. The molecule has 0 spiro atoms. The quantitative estimate of drug-likeness (QED) is 0.343. The Morgan fingerprint density at radius 2 is 2.00 bits per heavy atom. The summed E-state index contributed by atoms with van der Waals surface area (Å²) in [7, 11) is 1.25. The second kappa shape index (κ2) is 9.70. The Morgan fingerprint density at radius 1 is 1.21 bits per heavy atom. The maximum absolute atomic E-state index is 11.8. The highest BCUT2D eigenvalue weighted by atomic mass is 32.2. The van der Waals surface area contributed by atoms with E-state index in [2.05, 4.69) is 20.3 Å².